The maximum Gasteiger partial charge on any atom is 0.150 e. The Hall–Kier alpha value is -1.33. The van der Waals surface area contributed by atoms with Crippen LogP contribution < -0.4 is 5.32 Å². The van der Waals surface area contributed by atoms with E-state index in [0.717, 1.165) is 5.01 Å². The van der Waals surface area contributed by atoms with Crippen LogP contribution in [0, 0.1) is 12.7 Å². The Balaban J connectivity index is 2.40. The average molecular weight is 251 g/mol. The molecule has 0 amide bonds. The molecule has 1 heterocycles. The molecule has 17 heavy (non-hydrogen) atoms. The summed E-state index contributed by atoms with van der Waals surface area (Å²) in [5.74, 6) is -0.215. The minimum absolute atomic E-state index is 0.133. The van der Waals surface area contributed by atoms with Gasteiger partial charge in [-0.15, -0.1) is 10.2 Å². The number of aryl methyl sites for hydroxylation is 1. The molecule has 0 fully saturated rings. The van der Waals surface area contributed by atoms with Gasteiger partial charge in [0.2, 0.25) is 0 Å². The fraction of sp³-hybridized carbons (Fsp3) is 0.333. The molecule has 0 bridgehead atoms. The molecule has 0 saturated heterocycles. The van der Waals surface area contributed by atoms with Crippen LogP contribution in [0.25, 0.3) is 10.6 Å². The third-order valence-corrected chi connectivity index (χ3v) is 3.81. The Kier molecular flexibility index (Phi) is 3.49. The van der Waals surface area contributed by atoms with E-state index in [2.05, 4.69) is 15.5 Å². The molecule has 2 aromatic rings. The molecule has 1 atom stereocenters. The molecule has 90 valence electrons. The Labute approximate surface area is 104 Å². The third-order valence-electron chi connectivity index (χ3n) is 2.67. The van der Waals surface area contributed by atoms with Crippen molar-refractivity contribution in [1.29, 1.82) is 0 Å². The molecule has 1 aromatic carbocycles. The van der Waals surface area contributed by atoms with E-state index in [9.17, 15) is 4.39 Å². The largest absolute Gasteiger partial charge is 0.311 e. The summed E-state index contributed by atoms with van der Waals surface area (Å²) >= 11 is 1.42. The van der Waals surface area contributed by atoms with Crippen molar-refractivity contribution in [3.05, 3.63) is 34.6 Å². The summed E-state index contributed by atoms with van der Waals surface area (Å²) in [6.45, 7) is 3.74. The Bertz CT molecular complexity index is 524. The zero-order chi connectivity index (χ0) is 12.4. The van der Waals surface area contributed by atoms with Gasteiger partial charge in [0.05, 0.1) is 6.04 Å². The lowest BCUT2D eigenvalue weighted by molar-refractivity contribution is 0.621. The predicted molar refractivity (Wildman–Crippen MR) is 67.5 cm³/mol. The van der Waals surface area contributed by atoms with Crippen molar-refractivity contribution in [1.82, 2.24) is 15.5 Å². The zero-order valence-electron chi connectivity index (χ0n) is 9.99. The molecule has 0 saturated carbocycles. The Morgan fingerprint density at radius 3 is 2.82 bits per heavy atom. The quantitative estimate of drug-likeness (QED) is 0.911. The SMILES string of the molecule is CNC(C)c1nnc(-c2cccc(C)c2F)s1. The molecule has 3 nitrogen and oxygen atoms in total. The van der Waals surface area contributed by atoms with E-state index in [0.29, 0.717) is 16.1 Å². The average Bonchev–Trinajstić information content (AvgIpc) is 2.81. The second kappa shape index (κ2) is 4.89. The number of nitrogens with zero attached hydrogens (tertiary/aromatic N) is 2. The monoisotopic (exact) mass is 251 g/mol. The number of aromatic nitrogens is 2. The van der Waals surface area contributed by atoms with E-state index >= 15 is 0 Å². The molecule has 1 N–H and O–H groups in total. The van der Waals surface area contributed by atoms with Crippen LogP contribution in [0.2, 0.25) is 0 Å². The highest BCUT2D eigenvalue weighted by Crippen LogP contribution is 2.29. The van der Waals surface area contributed by atoms with Crippen LogP contribution in [0.5, 0.6) is 0 Å². The zero-order valence-corrected chi connectivity index (χ0v) is 10.8. The highest BCUT2D eigenvalue weighted by Gasteiger charge is 2.14. The van der Waals surface area contributed by atoms with Crippen molar-refractivity contribution < 1.29 is 4.39 Å². The van der Waals surface area contributed by atoms with E-state index in [1.807, 2.05) is 20.0 Å². The van der Waals surface area contributed by atoms with Gasteiger partial charge in [-0.1, -0.05) is 23.5 Å². The van der Waals surface area contributed by atoms with Crippen LogP contribution in [-0.2, 0) is 0 Å². The lowest BCUT2D eigenvalue weighted by Crippen LogP contribution is -2.11. The van der Waals surface area contributed by atoms with Crippen molar-refractivity contribution in [2.24, 2.45) is 0 Å². The van der Waals surface area contributed by atoms with Crippen molar-refractivity contribution >= 4 is 11.3 Å². The van der Waals surface area contributed by atoms with Crippen molar-refractivity contribution in [2.75, 3.05) is 7.05 Å². The topological polar surface area (TPSA) is 37.8 Å². The fourth-order valence-corrected chi connectivity index (χ4v) is 2.38. The number of halogens is 1. The highest BCUT2D eigenvalue weighted by molar-refractivity contribution is 7.14. The summed E-state index contributed by atoms with van der Waals surface area (Å²) in [4.78, 5) is 0. The number of benzene rings is 1. The fourth-order valence-electron chi connectivity index (χ4n) is 1.45. The van der Waals surface area contributed by atoms with Crippen LogP contribution in [0.3, 0.4) is 0 Å². The predicted octanol–water partition coefficient (Wildman–Crippen LogP) is 2.93. The summed E-state index contributed by atoms with van der Waals surface area (Å²) in [5, 5.41) is 12.7. The molecule has 0 radical (unpaired) electrons. The molecule has 2 rings (SSSR count). The first-order valence-electron chi connectivity index (χ1n) is 5.39. The molecule has 1 aromatic heterocycles. The van der Waals surface area contributed by atoms with E-state index in [4.69, 9.17) is 0 Å². The van der Waals surface area contributed by atoms with Crippen LogP contribution >= 0.6 is 11.3 Å². The second-order valence-corrected chi connectivity index (χ2v) is 4.90. The number of rotatable bonds is 3. The molecule has 5 heteroatoms. The summed E-state index contributed by atoms with van der Waals surface area (Å²) in [7, 11) is 1.86. The van der Waals surface area contributed by atoms with Crippen molar-refractivity contribution in [3.63, 3.8) is 0 Å². The first-order valence-corrected chi connectivity index (χ1v) is 6.21. The van der Waals surface area contributed by atoms with E-state index in [1.165, 1.54) is 11.3 Å². The second-order valence-electron chi connectivity index (χ2n) is 3.89. The van der Waals surface area contributed by atoms with Crippen LogP contribution in [0.1, 0.15) is 23.5 Å². The molecule has 0 aliphatic heterocycles. The van der Waals surface area contributed by atoms with Gasteiger partial charge in [-0.2, -0.15) is 0 Å². The normalized spacial score (nSPS) is 12.7. The van der Waals surface area contributed by atoms with Gasteiger partial charge < -0.3 is 5.32 Å². The minimum Gasteiger partial charge on any atom is -0.311 e. The van der Waals surface area contributed by atoms with Gasteiger partial charge in [-0.25, -0.2) is 4.39 Å². The lowest BCUT2D eigenvalue weighted by Gasteiger charge is -2.03. The molecular formula is C12H14FN3S. The summed E-state index contributed by atoms with van der Waals surface area (Å²) in [6, 6.07) is 5.44. The number of nitrogens with one attached hydrogen (secondary N) is 1. The van der Waals surface area contributed by atoms with Gasteiger partial charge in [-0.05, 0) is 32.5 Å². The van der Waals surface area contributed by atoms with Crippen LogP contribution in [0.15, 0.2) is 18.2 Å². The van der Waals surface area contributed by atoms with Crippen molar-refractivity contribution in [2.45, 2.75) is 19.9 Å². The maximum absolute atomic E-state index is 13.9. The van der Waals surface area contributed by atoms with Gasteiger partial charge >= 0.3 is 0 Å². The summed E-state index contributed by atoms with van der Waals surface area (Å²) < 4.78 is 13.9. The smallest absolute Gasteiger partial charge is 0.150 e. The standard InChI is InChI=1S/C12H14FN3S/c1-7-5-4-6-9(10(7)13)12-16-15-11(17-12)8(2)14-3/h4-6,8,14H,1-3H3. The van der Waals surface area contributed by atoms with Gasteiger partial charge in [0.1, 0.15) is 10.8 Å². The lowest BCUT2D eigenvalue weighted by atomic mass is 10.1. The Morgan fingerprint density at radius 1 is 1.35 bits per heavy atom. The number of hydrogen-bond donors (Lipinski definition) is 1. The maximum atomic E-state index is 13.9. The van der Waals surface area contributed by atoms with Crippen LogP contribution in [-0.4, -0.2) is 17.2 Å². The molecule has 0 aliphatic rings. The Morgan fingerprint density at radius 2 is 2.12 bits per heavy atom. The van der Waals surface area contributed by atoms with E-state index in [1.54, 1.807) is 19.1 Å². The highest BCUT2D eigenvalue weighted by atomic mass is 32.1. The minimum atomic E-state index is -0.215. The van der Waals surface area contributed by atoms with Gasteiger partial charge in [0, 0.05) is 5.56 Å². The van der Waals surface area contributed by atoms with Gasteiger partial charge in [0.25, 0.3) is 0 Å². The van der Waals surface area contributed by atoms with Gasteiger partial charge in [0.15, 0.2) is 5.01 Å². The van der Waals surface area contributed by atoms with Gasteiger partial charge in [-0.3, -0.25) is 0 Å². The summed E-state index contributed by atoms with van der Waals surface area (Å²) in [5.41, 5.74) is 1.15. The first kappa shape index (κ1) is 12.1. The molecular weight excluding hydrogens is 237 g/mol. The summed E-state index contributed by atoms with van der Waals surface area (Å²) in [6.07, 6.45) is 0. The third kappa shape index (κ3) is 2.35. The molecule has 1 unspecified atom stereocenters. The van der Waals surface area contributed by atoms with Crippen LogP contribution in [0.4, 0.5) is 4.39 Å². The first-order chi connectivity index (χ1) is 8.13. The molecule has 0 spiro atoms. The van der Waals surface area contributed by atoms with E-state index in [-0.39, 0.29) is 11.9 Å². The molecule has 0 aliphatic carbocycles. The van der Waals surface area contributed by atoms with Crippen molar-refractivity contribution in [3.8, 4) is 10.6 Å². The van der Waals surface area contributed by atoms with E-state index < -0.39 is 0 Å². The number of hydrogen-bond acceptors (Lipinski definition) is 4.